The van der Waals surface area contributed by atoms with Gasteiger partial charge in [0.1, 0.15) is 5.82 Å². The molecule has 0 aliphatic rings. The molecule has 17 heavy (non-hydrogen) atoms. The maximum Gasteiger partial charge on any atom is 0.197 e. The number of halogens is 2. The number of furan rings is 1. The van der Waals surface area contributed by atoms with Crippen molar-refractivity contribution in [1.29, 1.82) is 0 Å². The summed E-state index contributed by atoms with van der Waals surface area (Å²) in [6.07, 6.45) is 0. The van der Waals surface area contributed by atoms with Gasteiger partial charge in [0, 0.05) is 0 Å². The summed E-state index contributed by atoms with van der Waals surface area (Å²) in [6, 6.07) is 3.62. The Morgan fingerprint density at radius 1 is 1.35 bits per heavy atom. The molecule has 4 nitrogen and oxygen atoms in total. The van der Waals surface area contributed by atoms with E-state index in [0.717, 1.165) is 9.26 Å². The number of aromatic nitrogens is 2. The lowest BCUT2D eigenvalue weighted by molar-refractivity contribution is 0.550. The van der Waals surface area contributed by atoms with E-state index in [4.69, 9.17) is 10.2 Å². The third-order valence-electron chi connectivity index (χ3n) is 2.24. The van der Waals surface area contributed by atoms with Crippen LogP contribution in [0.3, 0.4) is 0 Å². The Balaban J connectivity index is 2.56. The first-order valence-corrected chi connectivity index (χ1v) is 6.95. The highest BCUT2D eigenvalue weighted by Gasteiger charge is 2.15. The van der Waals surface area contributed by atoms with Gasteiger partial charge in [0.15, 0.2) is 16.3 Å². The molecule has 0 radical (unpaired) electrons. The predicted octanol–water partition coefficient (Wildman–Crippen LogP) is 3.81. The Morgan fingerprint density at radius 2 is 2.06 bits per heavy atom. The van der Waals surface area contributed by atoms with Gasteiger partial charge < -0.3 is 10.2 Å². The largest absolute Gasteiger partial charge is 0.446 e. The third-order valence-corrected chi connectivity index (χ3v) is 3.77. The van der Waals surface area contributed by atoms with Gasteiger partial charge in [-0.15, -0.1) is 0 Å². The Bertz CT molecular complexity index is 554. The second-order valence-corrected chi connectivity index (χ2v) is 5.75. The van der Waals surface area contributed by atoms with Crippen molar-refractivity contribution in [3.63, 3.8) is 0 Å². The minimum absolute atomic E-state index is 0.296. The van der Waals surface area contributed by atoms with Crippen LogP contribution in [-0.4, -0.2) is 9.97 Å². The fourth-order valence-electron chi connectivity index (χ4n) is 1.41. The highest BCUT2D eigenvalue weighted by molar-refractivity contribution is 14.1. The Kier molecular flexibility index (Phi) is 3.72. The van der Waals surface area contributed by atoms with Crippen LogP contribution in [-0.2, 0) is 0 Å². The van der Waals surface area contributed by atoms with Crippen molar-refractivity contribution in [1.82, 2.24) is 9.97 Å². The fourth-order valence-corrected chi connectivity index (χ4v) is 2.58. The number of hydrogen-bond acceptors (Lipinski definition) is 4. The van der Waals surface area contributed by atoms with Gasteiger partial charge in [-0.25, -0.2) is 9.97 Å². The number of rotatable bonds is 2. The molecule has 0 unspecified atom stereocenters. The maximum atomic E-state index is 5.89. The standard InChI is InChI=1S/C11H11BrIN3O/c1-5(2)9-8(13)10(14)16-11(15-9)6-3-4-7(12)17-6/h3-5H,1-2H3,(H2,14,15,16). The Labute approximate surface area is 121 Å². The maximum absolute atomic E-state index is 5.89. The van der Waals surface area contributed by atoms with Gasteiger partial charge in [-0.3, -0.25) is 0 Å². The van der Waals surface area contributed by atoms with E-state index >= 15 is 0 Å². The van der Waals surface area contributed by atoms with Gasteiger partial charge in [0.2, 0.25) is 0 Å². The number of nitrogen functional groups attached to an aromatic ring is 1. The summed E-state index contributed by atoms with van der Waals surface area (Å²) >= 11 is 5.43. The van der Waals surface area contributed by atoms with Gasteiger partial charge in [-0.2, -0.15) is 0 Å². The molecule has 2 aromatic heterocycles. The van der Waals surface area contributed by atoms with Crippen LogP contribution in [0, 0.1) is 3.57 Å². The molecule has 0 bridgehead atoms. The first kappa shape index (κ1) is 12.8. The molecule has 0 spiro atoms. The molecule has 0 aliphatic heterocycles. The molecule has 0 aliphatic carbocycles. The molecule has 0 atom stereocenters. The molecule has 2 aromatic rings. The van der Waals surface area contributed by atoms with Crippen LogP contribution in [0.2, 0.25) is 0 Å². The van der Waals surface area contributed by atoms with E-state index in [1.807, 2.05) is 12.1 Å². The van der Waals surface area contributed by atoms with Crippen molar-refractivity contribution in [2.45, 2.75) is 19.8 Å². The van der Waals surface area contributed by atoms with Gasteiger partial charge in [-0.05, 0) is 56.6 Å². The molecular weight excluding hydrogens is 397 g/mol. The van der Waals surface area contributed by atoms with E-state index in [2.05, 4.69) is 62.3 Å². The van der Waals surface area contributed by atoms with E-state index in [1.165, 1.54) is 0 Å². The molecule has 0 amide bonds. The van der Waals surface area contributed by atoms with E-state index in [0.29, 0.717) is 28.0 Å². The van der Waals surface area contributed by atoms with Crippen molar-refractivity contribution in [3.8, 4) is 11.6 Å². The molecular formula is C11H11BrIN3O. The average Bonchev–Trinajstić information content (AvgIpc) is 2.68. The minimum atomic E-state index is 0.296. The smallest absolute Gasteiger partial charge is 0.197 e. The zero-order valence-electron chi connectivity index (χ0n) is 9.37. The van der Waals surface area contributed by atoms with Crippen LogP contribution in [0.4, 0.5) is 5.82 Å². The van der Waals surface area contributed by atoms with Gasteiger partial charge in [0.05, 0.1) is 9.26 Å². The summed E-state index contributed by atoms with van der Waals surface area (Å²) in [4.78, 5) is 8.75. The minimum Gasteiger partial charge on any atom is -0.446 e. The van der Waals surface area contributed by atoms with Crippen LogP contribution in [0.5, 0.6) is 0 Å². The normalized spacial score (nSPS) is 11.1. The number of hydrogen-bond donors (Lipinski definition) is 1. The summed E-state index contributed by atoms with van der Waals surface area (Å²) in [7, 11) is 0. The summed E-state index contributed by atoms with van der Waals surface area (Å²) < 4.78 is 6.99. The lowest BCUT2D eigenvalue weighted by Crippen LogP contribution is -2.06. The molecule has 0 saturated carbocycles. The quantitative estimate of drug-likeness (QED) is 0.768. The summed E-state index contributed by atoms with van der Waals surface area (Å²) in [5.41, 5.74) is 6.84. The van der Waals surface area contributed by atoms with E-state index in [-0.39, 0.29) is 0 Å². The van der Waals surface area contributed by atoms with Crippen LogP contribution in [0.25, 0.3) is 11.6 Å². The van der Waals surface area contributed by atoms with Crippen molar-refractivity contribution >= 4 is 44.3 Å². The zero-order chi connectivity index (χ0) is 12.6. The van der Waals surface area contributed by atoms with Crippen molar-refractivity contribution in [2.75, 3.05) is 5.73 Å². The van der Waals surface area contributed by atoms with Crippen molar-refractivity contribution in [2.24, 2.45) is 0 Å². The van der Waals surface area contributed by atoms with Crippen LogP contribution in [0.15, 0.2) is 21.2 Å². The van der Waals surface area contributed by atoms with Gasteiger partial charge in [-0.1, -0.05) is 13.8 Å². The molecule has 6 heteroatoms. The van der Waals surface area contributed by atoms with Crippen LogP contribution < -0.4 is 5.73 Å². The highest BCUT2D eigenvalue weighted by atomic mass is 127. The second-order valence-electron chi connectivity index (χ2n) is 3.89. The van der Waals surface area contributed by atoms with Crippen LogP contribution >= 0.6 is 38.5 Å². The number of nitrogens with zero attached hydrogens (tertiary/aromatic N) is 2. The van der Waals surface area contributed by atoms with Gasteiger partial charge >= 0.3 is 0 Å². The van der Waals surface area contributed by atoms with E-state index in [9.17, 15) is 0 Å². The third kappa shape index (κ3) is 2.62. The summed E-state index contributed by atoms with van der Waals surface area (Å²) in [5.74, 6) is 1.93. The molecule has 0 fully saturated rings. The molecule has 0 saturated heterocycles. The van der Waals surface area contributed by atoms with Crippen molar-refractivity contribution < 1.29 is 4.42 Å². The second kappa shape index (κ2) is 4.93. The topological polar surface area (TPSA) is 64.9 Å². The molecule has 2 rings (SSSR count). The van der Waals surface area contributed by atoms with Crippen molar-refractivity contribution in [3.05, 3.63) is 26.1 Å². The average molecular weight is 408 g/mol. The number of nitrogens with two attached hydrogens (primary N) is 1. The van der Waals surface area contributed by atoms with Gasteiger partial charge in [0.25, 0.3) is 0 Å². The SMILES string of the molecule is CC(C)c1nc(-c2ccc(Br)o2)nc(N)c1I. The Morgan fingerprint density at radius 3 is 2.59 bits per heavy atom. The lowest BCUT2D eigenvalue weighted by Gasteiger charge is -2.10. The fraction of sp³-hybridized carbons (Fsp3) is 0.273. The summed E-state index contributed by atoms with van der Waals surface area (Å²) in [5, 5.41) is 0. The summed E-state index contributed by atoms with van der Waals surface area (Å²) in [6.45, 7) is 4.15. The predicted molar refractivity (Wildman–Crippen MR) is 78.7 cm³/mol. The zero-order valence-corrected chi connectivity index (χ0v) is 13.1. The number of anilines is 1. The first-order chi connectivity index (χ1) is 7.99. The first-order valence-electron chi connectivity index (χ1n) is 5.07. The lowest BCUT2D eigenvalue weighted by atomic mass is 10.1. The highest BCUT2D eigenvalue weighted by Crippen LogP contribution is 2.28. The molecule has 0 aromatic carbocycles. The van der Waals surface area contributed by atoms with Crippen LogP contribution in [0.1, 0.15) is 25.5 Å². The monoisotopic (exact) mass is 407 g/mol. The molecule has 2 heterocycles. The molecule has 2 N–H and O–H groups in total. The molecule has 90 valence electrons. The Hall–Kier alpha value is -0.630. The van der Waals surface area contributed by atoms with E-state index < -0.39 is 0 Å². The van der Waals surface area contributed by atoms with E-state index in [1.54, 1.807) is 0 Å².